The van der Waals surface area contributed by atoms with Crippen LogP contribution in [0.4, 0.5) is 0 Å². The summed E-state index contributed by atoms with van der Waals surface area (Å²) >= 11 is 0. The molecule has 0 aromatic rings. The van der Waals surface area contributed by atoms with Gasteiger partial charge in [-0.3, -0.25) is 14.4 Å². The molecule has 0 spiro atoms. The van der Waals surface area contributed by atoms with Crippen molar-refractivity contribution >= 4 is 17.9 Å². The van der Waals surface area contributed by atoms with Crippen molar-refractivity contribution in [3.63, 3.8) is 0 Å². The van der Waals surface area contributed by atoms with Crippen molar-refractivity contribution in [1.29, 1.82) is 0 Å². The minimum absolute atomic E-state index is 0.105. The molecule has 0 aromatic carbocycles. The van der Waals surface area contributed by atoms with Crippen molar-refractivity contribution < 1.29 is 28.6 Å². The number of unbranched alkanes of at least 4 members (excludes halogenated alkanes) is 27. The van der Waals surface area contributed by atoms with Gasteiger partial charge in [0.1, 0.15) is 13.2 Å². The van der Waals surface area contributed by atoms with Crippen LogP contribution in [-0.4, -0.2) is 37.2 Å². The lowest BCUT2D eigenvalue weighted by atomic mass is 10.1. The summed E-state index contributed by atoms with van der Waals surface area (Å²) in [5.41, 5.74) is 0. The molecular weight excluding hydrogens is 853 g/mol. The molecular formula is C63H108O6. The molecule has 6 nitrogen and oxygen atoms in total. The zero-order valence-electron chi connectivity index (χ0n) is 45.3. The second-order valence-electron chi connectivity index (χ2n) is 19.2. The third-order valence-corrected chi connectivity index (χ3v) is 12.3. The summed E-state index contributed by atoms with van der Waals surface area (Å²) in [6.45, 7) is 6.54. The van der Waals surface area contributed by atoms with Gasteiger partial charge in [-0.1, -0.05) is 228 Å². The van der Waals surface area contributed by atoms with Crippen molar-refractivity contribution in [2.45, 2.75) is 284 Å². The van der Waals surface area contributed by atoms with Gasteiger partial charge in [0.05, 0.1) is 0 Å². The molecule has 0 aliphatic carbocycles. The Kier molecular flexibility index (Phi) is 54.3. The molecule has 0 N–H and O–H groups in total. The number of esters is 3. The van der Waals surface area contributed by atoms with E-state index in [1.54, 1.807) is 0 Å². The second kappa shape index (κ2) is 57.2. The van der Waals surface area contributed by atoms with E-state index in [1.165, 1.54) is 141 Å². The Hall–Kier alpha value is -3.41. The predicted molar refractivity (Wildman–Crippen MR) is 297 cm³/mol. The fourth-order valence-corrected chi connectivity index (χ4v) is 7.93. The van der Waals surface area contributed by atoms with Crippen LogP contribution in [0.15, 0.2) is 85.1 Å². The van der Waals surface area contributed by atoms with E-state index in [9.17, 15) is 14.4 Å². The highest BCUT2D eigenvalue weighted by Gasteiger charge is 2.19. The number of carbonyl (C=O) groups is 3. The van der Waals surface area contributed by atoms with Crippen molar-refractivity contribution in [3.8, 4) is 0 Å². The molecule has 0 radical (unpaired) electrons. The van der Waals surface area contributed by atoms with Gasteiger partial charge in [-0.15, -0.1) is 0 Å². The van der Waals surface area contributed by atoms with Crippen molar-refractivity contribution in [1.82, 2.24) is 0 Å². The summed E-state index contributed by atoms with van der Waals surface area (Å²) in [6.07, 6.45) is 74.3. The molecule has 0 bridgehead atoms. The van der Waals surface area contributed by atoms with E-state index in [-0.39, 0.29) is 37.5 Å². The topological polar surface area (TPSA) is 78.9 Å². The monoisotopic (exact) mass is 961 g/mol. The van der Waals surface area contributed by atoms with Crippen LogP contribution in [0.5, 0.6) is 0 Å². The van der Waals surface area contributed by atoms with E-state index in [0.717, 1.165) is 89.9 Å². The first-order valence-corrected chi connectivity index (χ1v) is 29.1. The number of hydrogen-bond donors (Lipinski definition) is 0. The maximum absolute atomic E-state index is 12.8. The Morgan fingerprint density at radius 2 is 0.536 bits per heavy atom. The molecule has 0 fully saturated rings. The molecule has 1 atom stereocenters. The lowest BCUT2D eigenvalue weighted by Crippen LogP contribution is -2.30. The van der Waals surface area contributed by atoms with Gasteiger partial charge in [0.15, 0.2) is 6.10 Å². The number of rotatable bonds is 52. The van der Waals surface area contributed by atoms with Crippen molar-refractivity contribution in [2.75, 3.05) is 13.2 Å². The fraction of sp³-hybridized carbons (Fsp3) is 0.730. The summed E-state index contributed by atoms with van der Waals surface area (Å²) in [5, 5.41) is 0. The zero-order valence-corrected chi connectivity index (χ0v) is 45.3. The number of ether oxygens (including phenoxy) is 3. The molecule has 0 saturated heterocycles. The Morgan fingerprint density at radius 1 is 0.290 bits per heavy atom. The lowest BCUT2D eigenvalue weighted by Gasteiger charge is -2.18. The second-order valence-corrected chi connectivity index (χ2v) is 19.2. The fourth-order valence-electron chi connectivity index (χ4n) is 7.93. The zero-order chi connectivity index (χ0) is 50.0. The van der Waals surface area contributed by atoms with Gasteiger partial charge in [0.25, 0.3) is 0 Å². The SMILES string of the molecule is CCCCC/C=C\C/C=C\C/C=C\C/C=C\CCCC(=O)O[C@H](COC(=O)CCCCCCC/C=C\C/C=C\CCCCC)COC(=O)CCCCCCCCC/C=C\CCCCCCCCCC. The van der Waals surface area contributed by atoms with Crippen LogP contribution in [0, 0.1) is 0 Å². The molecule has 0 heterocycles. The summed E-state index contributed by atoms with van der Waals surface area (Å²) < 4.78 is 16.8. The summed E-state index contributed by atoms with van der Waals surface area (Å²) in [6, 6.07) is 0. The summed E-state index contributed by atoms with van der Waals surface area (Å²) in [7, 11) is 0. The Bertz CT molecular complexity index is 1330. The average Bonchev–Trinajstić information content (AvgIpc) is 3.35. The van der Waals surface area contributed by atoms with Gasteiger partial charge < -0.3 is 14.2 Å². The quantitative estimate of drug-likeness (QED) is 0.0262. The van der Waals surface area contributed by atoms with Crippen LogP contribution in [0.1, 0.15) is 278 Å². The van der Waals surface area contributed by atoms with E-state index in [4.69, 9.17) is 14.2 Å². The first-order valence-electron chi connectivity index (χ1n) is 29.1. The first kappa shape index (κ1) is 65.6. The van der Waals surface area contributed by atoms with Gasteiger partial charge in [-0.25, -0.2) is 0 Å². The minimum Gasteiger partial charge on any atom is -0.462 e. The maximum Gasteiger partial charge on any atom is 0.306 e. The standard InChI is InChI=1S/C63H108O6/c1-4-7-10-13-16-19-22-25-28-30-31-33-35-38-41-44-47-50-53-56-62(65)68-59-60(58-67-61(64)55-52-49-46-43-40-37-34-27-24-21-18-15-12-9-6-3)69-63(66)57-54-51-48-45-42-39-36-32-29-26-23-20-17-14-11-8-5-2/h17-18,20-21,26-27,29-31,34,36,39,45,48,60H,4-16,19,22-25,28,32-33,35,37-38,40-44,46-47,49-59H2,1-3H3/b20-17-,21-18-,29-26-,31-30-,34-27-,39-36-,48-45-/t60-/m1/s1. The molecule has 0 unspecified atom stereocenters. The Morgan fingerprint density at radius 3 is 0.899 bits per heavy atom. The molecule has 0 aromatic heterocycles. The van der Waals surface area contributed by atoms with Crippen LogP contribution in [-0.2, 0) is 28.6 Å². The largest absolute Gasteiger partial charge is 0.462 e. The molecule has 0 amide bonds. The van der Waals surface area contributed by atoms with E-state index >= 15 is 0 Å². The Balaban J connectivity index is 4.48. The van der Waals surface area contributed by atoms with Gasteiger partial charge in [-0.05, 0) is 116 Å². The lowest BCUT2D eigenvalue weighted by molar-refractivity contribution is -0.167. The van der Waals surface area contributed by atoms with Crippen molar-refractivity contribution in [2.24, 2.45) is 0 Å². The van der Waals surface area contributed by atoms with E-state index in [2.05, 4.69) is 106 Å². The number of hydrogen-bond acceptors (Lipinski definition) is 6. The van der Waals surface area contributed by atoms with Gasteiger partial charge in [0.2, 0.25) is 0 Å². The van der Waals surface area contributed by atoms with Gasteiger partial charge >= 0.3 is 17.9 Å². The Labute approximate surface area is 426 Å². The molecule has 6 heteroatoms. The van der Waals surface area contributed by atoms with Crippen LogP contribution in [0.3, 0.4) is 0 Å². The van der Waals surface area contributed by atoms with Gasteiger partial charge in [0, 0.05) is 19.3 Å². The molecule has 0 saturated carbocycles. The molecule has 396 valence electrons. The normalized spacial score (nSPS) is 12.7. The predicted octanol–water partition coefficient (Wildman–Crippen LogP) is 19.5. The highest BCUT2D eigenvalue weighted by Crippen LogP contribution is 2.14. The highest BCUT2D eigenvalue weighted by atomic mass is 16.6. The third-order valence-electron chi connectivity index (χ3n) is 12.3. The van der Waals surface area contributed by atoms with Crippen molar-refractivity contribution in [3.05, 3.63) is 85.1 Å². The van der Waals surface area contributed by atoms with Crippen LogP contribution in [0.25, 0.3) is 0 Å². The number of allylic oxidation sites excluding steroid dienone is 14. The van der Waals surface area contributed by atoms with E-state index < -0.39 is 6.10 Å². The number of carbonyl (C=O) groups excluding carboxylic acids is 3. The average molecular weight is 962 g/mol. The maximum atomic E-state index is 12.8. The van der Waals surface area contributed by atoms with Crippen LogP contribution >= 0.6 is 0 Å². The molecule has 69 heavy (non-hydrogen) atoms. The van der Waals surface area contributed by atoms with Crippen LogP contribution in [0.2, 0.25) is 0 Å². The third kappa shape index (κ3) is 55.4. The van der Waals surface area contributed by atoms with Crippen LogP contribution < -0.4 is 0 Å². The summed E-state index contributed by atoms with van der Waals surface area (Å²) in [4.78, 5) is 38.1. The highest BCUT2D eigenvalue weighted by molar-refractivity contribution is 5.71. The molecule has 0 aliphatic heterocycles. The molecule has 0 rings (SSSR count). The summed E-state index contributed by atoms with van der Waals surface area (Å²) in [5.74, 6) is -0.975. The van der Waals surface area contributed by atoms with Gasteiger partial charge in [-0.2, -0.15) is 0 Å². The molecule has 0 aliphatic rings. The van der Waals surface area contributed by atoms with E-state index in [0.29, 0.717) is 19.3 Å². The minimum atomic E-state index is -0.813. The van der Waals surface area contributed by atoms with E-state index in [1.807, 2.05) is 0 Å². The first-order chi connectivity index (χ1) is 34.0. The smallest absolute Gasteiger partial charge is 0.306 e.